The Morgan fingerprint density at radius 2 is 1.35 bits per heavy atom. The Labute approximate surface area is 450 Å². The number of carbonyl (C=O) groups excluding carboxylic acids is 11. The molecule has 2 aliphatic rings. The van der Waals surface area contributed by atoms with E-state index >= 15 is 0 Å². The molecule has 2 saturated heterocycles. The second-order valence-electron chi connectivity index (χ2n) is 18.3. The molecular weight excluding hydrogens is 1050 g/mol. The molecule has 11 amide bonds. The molecule has 77 heavy (non-hydrogen) atoms. The number of nitrogens with one attached hydrogen (secondary N) is 7. The number of phenolic OH excluding ortho intramolecular Hbond substituents is 1. The van der Waals surface area contributed by atoms with Gasteiger partial charge in [-0.25, -0.2) is 0 Å². The third-order valence-corrected chi connectivity index (χ3v) is 14.6. The Bertz CT molecular complexity index is 2490. The Balaban J connectivity index is 1.75. The summed E-state index contributed by atoms with van der Waals surface area (Å²) in [7, 11) is 1.76. The van der Waals surface area contributed by atoms with Crippen molar-refractivity contribution in [3.8, 4) is 5.75 Å². The number of guanidine groups is 1. The Morgan fingerprint density at radius 1 is 0.753 bits per heavy atom. The number of aromatic hydroxyl groups is 1. The van der Waals surface area contributed by atoms with E-state index in [4.69, 9.17) is 34.4 Å². The van der Waals surface area contributed by atoms with Gasteiger partial charge >= 0.3 is 0 Å². The molecule has 0 saturated carbocycles. The van der Waals surface area contributed by atoms with Crippen LogP contribution < -0.4 is 71.6 Å². The van der Waals surface area contributed by atoms with Crippen molar-refractivity contribution >= 4 is 92.5 Å². The van der Waals surface area contributed by atoms with Crippen LogP contribution in [0.2, 0.25) is 0 Å². The van der Waals surface area contributed by atoms with E-state index in [1.54, 1.807) is 30.3 Å². The fraction of sp³-hybridized carbons (Fsp3) is 0.489. The zero-order valence-electron chi connectivity index (χ0n) is 41.9. The van der Waals surface area contributed by atoms with Crippen LogP contribution in [0.25, 0.3) is 0 Å². The lowest BCUT2D eigenvalue weighted by Gasteiger charge is -2.31. The summed E-state index contributed by atoms with van der Waals surface area (Å²) in [5.74, 6) is -11.5. The second-order valence-corrected chi connectivity index (χ2v) is 20.8. The van der Waals surface area contributed by atoms with Gasteiger partial charge in [-0.2, -0.15) is 0 Å². The van der Waals surface area contributed by atoms with Crippen molar-refractivity contribution in [2.24, 2.45) is 39.4 Å². The van der Waals surface area contributed by atoms with E-state index in [2.05, 4.69) is 42.2 Å². The maximum atomic E-state index is 14.7. The normalized spacial score (nSPS) is 23.3. The van der Waals surface area contributed by atoms with Gasteiger partial charge in [-0.3, -0.25) is 57.7 Å². The van der Waals surface area contributed by atoms with Gasteiger partial charge in [-0.1, -0.05) is 64.1 Å². The molecule has 0 bridgehead atoms. The highest BCUT2D eigenvalue weighted by Gasteiger charge is 2.42. The third kappa shape index (κ3) is 20.1. The van der Waals surface area contributed by atoms with E-state index < -0.39 is 145 Å². The maximum Gasteiger partial charge on any atom is 0.246 e. The number of hydrogen-bond donors (Lipinski definition) is 15. The molecule has 420 valence electrons. The van der Waals surface area contributed by atoms with Crippen molar-refractivity contribution < 1.29 is 63.0 Å². The highest BCUT2D eigenvalue weighted by Crippen LogP contribution is 2.28. The first-order chi connectivity index (χ1) is 36.5. The fourth-order valence-electron chi connectivity index (χ4n) is 7.95. The number of nitrogens with zero attached hydrogens (tertiary/aromatic N) is 2. The van der Waals surface area contributed by atoms with Crippen molar-refractivity contribution in [2.45, 2.75) is 106 Å². The number of benzene rings is 2. The molecule has 0 aliphatic carbocycles. The average molecular weight is 1110 g/mol. The van der Waals surface area contributed by atoms with E-state index in [1.807, 2.05) is 0 Å². The number of nitrogens with two attached hydrogens (primary N) is 6. The lowest BCUT2D eigenvalue weighted by atomic mass is 9.99. The number of aliphatic imine (C=N–C) groups is 1. The summed E-state index contributed by atoms with van der Waals surface area (Å²) >= 11 is 0. The molecule has 0 spiro atoms. The Kier molecular flexibility index (Phi) is 24.2. The maximum absolute atomic E-state index is 14.7. The Morgan fingerprint density at radius 3 is 1.96 bits per heavy atom. The van der Waals surface area contributed by atoms with Gasteiger partial charge in [0, 0.05) is 43.9 Å². The van der Waals surface area contributed by atoms with Crippen LogP contribution in [-0.2, 0) is 65.6 Å². The van der Waals surface area contributed by atoms with Gasteiger partial charge < -0.3 is 86.7 Å². The number of amides is 11. The molecule has 2 aromatic carbocycles. The summed E-state index contributed by atoms with van der Waals surface area (Å²) in [6.07, 6.45) is -1.69. The number of aliphatic hydroxyl groups is 1. The van der Waals surface area contributed by atoms with Gasteiger partial charge in [0.15, 0.2) is 5.96 Å². The molecule has 0 aromatic heterocycles. The molecule has 4 rings (SSSR count). The smallest absolute Gasteiger partial charge is 0.246 e. The lowest BCUT2D eigenvalue weighted by Crippen LogP contribution is -2.64. The largest absolute Gasteiger partial charge is 0.508 e. The van der Waals surface area contributed by atoms with Gasteiger partial charge in [0.1, 0.15) is 53.6 Å². The van der Waals surface area contributed by atoms with E-state index in [0.29, 0.717) is 11.1 Å². The van der Waals surface area contributed by atoms with E-state index in [-0.39, 0.29) is 74.8 Å². The minimum atomic E-state index is -2.12. The SMILES string of the molecule is NC(=O)CC[C@@H]1NC(=O)[C@H](Cc2ccccc2)NC(=O)[C@H](Cc2ccc(O)cc2)NC(=O)[C@@](N)(CO)CSSC[C@H](C(=O)N2CCC[C@H]2C(=O)N[C@@H](CCCN=C(N)N)C(=O)NCC(N)=O)NC(=O)[C@H](CC(N)=O)NC1=O. The summed E-state index contributed by atoms with van der Waals surface area (Å²) in [6.45, 7) is -1.48. The van der Waals surface area contributed by atoms with Gasteiger partial charge in [0.25, 0.3) is 0 Å². The van der Waals surface area contributed by atoms with Crippen molar-refractivity contribution in [1.82, 2.24) is 42.1 Å². The van der Waals surface area contributed by atoms with E-state index in [1.165, 1.54) is 24.3 Å². The van der Waals surface area contributed by atoms with Crippen LogP contribution in [0.15, 0.2) is 59.6 Å². The first-order valence-electron chi connectivity index (χ1n) is 24.3. The molecule has 0 radical (unpaired) electrons. The molecule has 21 N–H and O–H groups in total. The molecule has 0 unspecified atom stereocenters. The molecule has 2 fully saturated rings. The van der Waals surface area contributed by atoms with Crippen molar-refractivity contribution in [3.63, 3.8) is 0 Å². The van der Waals surface area contributed by atoms with Crippen LogP contribution in [0.1, 0.15) is 56.1 Å². The monoisotopic (exact) mass is 1110 g/mol. The average Bonchev–Trinajstić information content (AvgIpc) is 3.88. The van der Waals surface area contributed by atoms with Crippen LogP contribution in [0.4, 0.5) is 0 Å². The number of hydrogen-bond acceptors (Lipinski definition) is 17. The number of carbonyl (C=O) groups is 11. The summed E-state index contributed by atoms with van der Waals surface area (Å²) in [5, 5.41) is 38.1. The molecular formula is C47H67N15O13S2. The van der Waals surface area contributed by atoms with E-state index in [0.717, 1.165) is 26.5 Å². The van der Waals surface area contributed by atoms with Gasteiger partial charge in [0.05, 0.1) is 19.6 Å². The minimum Gasteiger partial charge on any atom is -0.508 e. The van der Waals surface area contributed by atoms with Crippen molar-refractivity contribution in [1.29, 1.82) is 0 Å². The third-order valence-electron chi connectivity index (χ3n) is 12.1. The molecule has 28 nitrogen and oxygen atoms in total. The van der Waals surface area contributed by atoms with Gasteiger partial charge in [-0.15, -0.1) is 0 Å². The number of phenols is 1. The summed E-state index contributed by atoms with van der Waals surface area (Å²) in [5.41, 5.74) is 32.4. The van der Waals surface area contributed by atoms with Crippen LogP contribution >= 0.6 is 21.6 Å². The number of aliphatic hydroxyl groups excluding tert-OH is 1. The molecule has 8 atom stereocenters. The van der Waals surface area contributed by atoms with Crippen LogP contribution in [0, 0.1) is 0 Å². The highest BCUT2D eigenvalue weighted by molar-refractivity contribution is 8.76. The van der Waals surface area contributed by atoms with Crippen LogP contribution in [-0.4, -0.2) is 172 Å². The second kappa shape index (κ2) is 30.1. The standard InChI is InChI=1S/C47H67N15O13S2/c48-35(65)15-14-29-39(69)59-32(20-36(49)66)42(72)60-33(44(74)62-17-5-9-34(62)43(73)57-28(8-4-16-54-46(51)52)38(68)55-21-37(50)67)22-76-77-24-47(53,23-63)45(75)61-31(19-26-10-12-27(64)13-11-26)41(71)58-30(40(70)56-29)18-25-6-2-1-3-7-25/h1-3,6-7,10-13,28-34,63-64H,4-5,8-9,14-24,53H2,(H2,48,65)(H2,49,66)(H2,50,67)(H,55,68)(H,56,70)(H,57,73)(H,58,71)(H,59,69)(H,60,72)(H,61,75)(H4,51,52,54)/t28-,29-,30-,31-,32-,33+,34-,47+/m0/s1. The highest BCUT2D eigenvalue weighted by atomic mass is 33.1. The predicted molar refractivity (Wildman–Crippen MR) is 282 cm³/mol. The number of likely N-dealkylation sites (tertiary alicyclic amines) is 1. The zero-order chi connectivity index (χ0) is 56.8. The molecule has 2 heterocycles. The van der Waals surface area contributed by atoms with Gasteiger partial charge in [0.2, 0.25) is 65.0 Å². The van der Waals surface area contributed by atoms with Crippen LogP contribution in [0.5, 0.6) is 5.75 Å². The number of primary amides is 3. The summed E-state index contributed by atoms with van der Waals surface area (Å²) in [6, 6.07) is 3.44. The molecule has 30 heteroatoms. The summed E-state index contributed by atoms with van der Waals surface area (Å²) < 4.78 is 0. The topological polar surface area (TPSA) is 484 Å². The van der Waals surface area contributed by atoms with Crippen molar-refractivity contribution in [3.05, 3.63) is 65.7 Å². The van der Waals surface area contributed by atoms with Crippen LogP contribution in [0.3, 0.4) is 0 Å². The number of rotatable bonds is 20. The predicted octanol–water partition coefficient (Wildman–Crippen LogP) is -6.04. The van der Waals surface area contributed by atoms with Gasteiger partial charge in [-0.05, 0) is 55.4 Å². The minimum absolute atomic E-state index is 0.0185. The van der Waals surface area contributed by atoms with Crippen molar-refractivity contribution in [2.75, 3.05) is 37.7 Å². The Hall–Kier alpha value is -7.70. The quantitative estimate of drug-likeness (QED) is 0.0254. The first kappa shape index (κ1) is 61.8. The molecule has 2 aliphatic heterocycles. The van der Waals surface area contributed by atoms with E-state index in [9.17, 15) is 63.0 Å². The zero-order valence-corrected chi connectivity index (χ0v) is 43.5. The first-order valence-corrected chi connectivity index (χ1v) is 26.8. The summed E-state index contributed by atoms with van der Waals surface area (Å²) in [4.78, 5) is 154. The fourth-order valence-corrected chi connectivity index (χ4v) is 10.5. The lowest BCUT2D eigenvalue weighted by molar-refractivity contribution is -0.142. The molecule has 2 aromatic rings.